The van der Waals surface area contributed by atoms with Crippen LogP contribution in [0.15, 0.2) is 0 Å². The van der Waals surface area contributed by atoms with E-state index in [1.54, 1.807) is 0 Å². The van der Waals surface area contributed by atoms with Crippen molar-refractivity contribution < 1.29 is 37.4 Å². The monoisotopic (exact) mass is 458 g/mol. The van der Waals surface area contributed by atoms with Gasteiger partial charge in [0.15, 0.2) is 0 Å². The molecule has 0 saturated heterocycles. The van der Waals surface area contributed by atoms with Crippen LogP contribution in [-0.2, 0) is 51.2 Å². The fourth-order valence-corrected chi connectivity index (χ4v) is 1.72. The second-order valence-electron chi connectivity index (χ2n) is 1.17. The molecule has 0 amide bonds. The van der Waals surface area contributed by atoms with E-state index in [4.69, 9.17) is 21.4 Å². The number of hydrogen-bond acceptors (Lipinski definition) is 8. The Hall–Kier alpha value is 3.62. The van der Waals surface area contributed by atoms with Crippen LogP contribution in [0, 0.1) is 0 Å². The van der Waals surface area contributed by atoms with Gasteiger partial charge in [0.2, 0.25) is 0 Å². The van der Waals surface area contributed by atoms with E-state index >= 15 is 0 Å². The first-order valence-electron chi connectivity index (χ1n) is 2.08. The van der Waals surface area contributed by atoms with E-state index in [0.29, 0.717) is 21.2 Å². The van der Waals surface area contributed by atoms with Crippen molar-refractivity contribution in [2.75, 3.05) is 0 Å². The van der Waals surface area contributed by atoms with E-state index in [-0.39, 0.29) is 19.5 Å². The van der Waals surface area contributed by atoms with Crippen LogP contribution < -0.4 is 9.79 Å². The molecule has 0 aromatic heterocycles. The Bertz CT molecular complexity index is 201. The summed E-state index contributed by atoms with van der Waals surface area (Å²) in [6.07, 6.45) is 0. The molecule has 0 radical (unpaired) electrons. The van der Waals surface area contributed by atoms with Gasteiger partial charge >= 0.3 is 19.5 Å². The van der Waals surface area contributed by atoms with Crippen LogP contribution in [0.2, 0.25) is 0 Å². The standard InChI is InChI=1S/2Cl2HO2PS2.Zn/c2*1-4-5(3,6)7-2;/h2*(H,3,6);/q;;+2/p-2. The maximum Gasteiger partial charge on any atom is 2.00 e. The summed E-state index contributed by atoms with van der Waals surface area (Å²) < 4.78 is 7.52. The molecule has 4 nitrogen and oxygen atoms in total. The van der Waals surface area contributed by atoms with Gasteiger partial charge in [0.05, 0.1) is 35.1 Å². The molecule has 88 valence electrons. The van der Waals surface area contributed by atoms with Gasteiger partial charge in [-0.25, -0.2) is 0 Å². The van der Waals surface area contributed by atoms with E-state index in [0.717, 1.165) is 0 Å². The minimum absolute atomic E-state index is 0. The molecule has 0 fully saturated rings. The second-order valence-corrected chi connectivity index (χ2v) is 14.8. The molecule has 0 aliphatic carbocycles. The summed E-state index contributed by atoms with van der Waals surface area (Å²) in [6, 6.07) is 0. The number of hydrogen-bond donors (Lipinski definition) is 0. The fourth-order valence-electron chi connectivity index (χ4n) is 0.0213. The first-order chi connectivity index (χ1) is 6.24. The SMILES string of the molecule is [O-]P(=S)(OCl)SCl.[O-]P(=S)(OCl)SCl.[Zn+2]. The van der Waals surface area contributed by atoms with Crippen molar-refractivity contribution >= 4 is 101 Å². The van der Waals surface area contributed by atoms with Gasteiger partial charge < -0.3 is 9.79 Å². The van der Waals surface area contributed by atoms with Crippen LogP contribution in [0.25, 0.3) is 0 Å². The molecule has 0 aliphatic rings. The zero-order chi connectivity index (χ0) is 11.8. The number of halogens is 4. The molecule has 0 rings (SSSR count). The average molecular weight is 461 g/mol. The van der Waals surface area contributed by atoms with Crippen LogP contribution in [0.5, 0.6) is 0 Å². The Morgan fingerprint density at radius 1 is 0.933 bits per heavy atom. The van der Waals surface area contributed by atoms with Gasteiger partial charge in [-0.3, -0.25) is 8.15 Å². The molecule has 0 aromatic carbocycles. The van der Waals surface area contributed by atoms with Crippen molar-refractivity contribution in [3.05, 3.63) is 0 Å². The van der Waals surface area contributed by atoms with E-state index in [9.17, 15) is 9.79 Å². The zero-order valence-corrected chi connectivity index (χ0v) is 17.4. The molecule has 2 unspecified atom stereocenters. The summed E-state index contributed by atoms with van der Waals surface area (Å²) in [5.74, 6) is 0. The van der Waals surface area contributed by atoms with Crippen LogP contribution in [0.3, 0.4) is 0 Å². The molecule has 0 heterocycles. The Balaban J connectivity index is -0.000000180. The molecule has 2 atom stereocenters. The van der Waals surface area contributed by atoms with Crippen molar-refractivity contribution in [2.24, 2.45) is 0 Å². The predicted octanol–water partition coefficient (Wildman–Crippen LogP) is 3.25. The van der Waals surface area contributed by atoms with Crippen molar-refractivity contribution in [3.63, 3.8) is 0 Å². The third kappa shape index (κ3) is 17.6. The van der Waals surface area contributed by atoms with Crippen LogP contribution in [0.4, 0.5) is 0 Å². The van der Waals surface area contributed by atoms with E-state index in [1.807, 2.05) is 0 Å². The quantitative estimate of drug-likeness (QED) is 0.467. The van der Waals surface area contributed by atoms with E-state index in [2.05, 4.69) is 55.5 Å². The van der Waals surface area contributed by atoms with Crippen molar-refractivity contribution in [3.8, 4) is 0 Å². The maximum atomic E-state index is 10.2. The predicted molar refractivity (Wildman–Crippen MR) is 69.3 cm³/mol. The van der Waals surface area contributed by atoms with Crippen LogP contribution in [0.1, 0.15) is 0 Å². The Labute approximate surface area is 137 Å². The Morgan fingerprint density at radius 2 is 1.13 bits per heavy atom. The van der Waals surface area contributed by atoms with Gasteiger partial charge in [0.1, 0.15) is 0 Å². The fraction of sp³-hybridized carbons (Fsp3) is 0. The van der Waals surface area contributed by atoms with Gasteiger partial charge in [-0.1, -0.05) is 23.6 Å². The molecule has 0 bridgehead atoms. The molecule has 0 aromatic rings. The summed E-state index contributed by atoms with van der Waals surface area (Å²) in [5.41, 5.74) is -6.25. The largest absolute Gasteiger partial charge is 2.00 e. The first kappa shape index (κ1) is 23.7. The minimum Gasteiger partial charge on any atom is -0.791 e. The Morgan fingerprint density at radius 3 is 1.13 bits per heavy atom. The zero-order valence-electron chi connectivity index (χ0n) is 6.38. The smallest absolute Gasteiger partial charge is 0.791 e. The maximum absolute atomic E-state index is 10.2. The van der Waals surface area contributed by atoms with Crippen LogP contribution >= 0.6 is 77.7 Å². The molecule has 0 N–H and O–H groups in total. The summed E-state index contributed by atoms with van der Waals surface area (Å²) in [7, 11) is 10.7. The van der Waals surface area contributed by atoms with Crippen molar-refractivity contribution in [1.82, 2.24) is 0 Å². The molecule has 15 heavy (non-hydrogen) atoms. The van der Waals surface area contributed by atoms with E-state index < -0.39 is 11.4 Å². The van der Waals surface area contributed by atoms with Crippen LogP contribution in [-0.4, -0.2) is 0 Å². The molecule has 15 heteroatoms. The first-order valence-corrected chi connectivity index (χ1v) is 12.5. The number of rotatable bonds is 4. The summed E-state index contributed by atoms with van der Waals surface area (Å²) in [4.78, 5) is 20.5. The van der Waals surface area contributed by atoms with Gasteiger partial charge in [-0.2, -0.15) is 0 Å². The summed E-state index contributed by atoms with van der Waals surface area (Å²) >= 11 is 17.6. The van der Waals surface area contributed by atoms with Gasteiger partial charge in [-0.15, -0.1) is 0 Å². The second kappa shape index (κ2) is 12.6. The molecule has 0 saturated carbocycles. The van der Waals surface area contributed by atoms with Crippen molar-refractivity contribution in [1.29, 1.82) is 0 Å². The van der Waals surface area contributed by atoms with Crippen molar-refractivity contribution in [2.45, 2.75) is 0 Å². The molecule has 0 spiro atoms. The normalized spacial score (nSPS) is 17.5. The Kier molecular flexibility index (Phi) is 20.0. The van der Waals surface area contributed by atoms with Gasteiger partial charge in [0, 0.05) is 0 Å². The topological polar surface area (TPSA) is 64.6 Å². The average Bonchev–Trinajstić information content (AvgIpc) is 2.19. The summed E-state index contributed by atoms with van der Waals surface area (Å²) in [5, 5.41) is 0. The third-order valence-corrected chi connectivity index (χ3v) is 11.2. The summed E-state index contributed by atoms with van der Waals surface area (Å²) in [6.45, 7) is 0. The molecular formula is Cl4O4P2S4Zn. The molecule has 0 aliphatic heterocycles. The minimum atomic E-state index is -3.12. The van der Waals surface area contributed by atoms with Gasteiger partial charge in [0.25, 0.3) is 0 Å². The molecular weight excluding hydrogens is 461 g/mol. The van der Waals surface area contributed by atoms with Gasteiger partial charge in [-0.05, 0) is 42.6 Å². The van der Waals surface area contributed by atoms with E-state index in [1.165, 1.54) is 0 Å². The third-order valence-electron chi connectivity index (χ3n) is 0.338.